The molecule has 0 bridgehead atoms. The van der Waals surface area contributed by atoms with E-state index in [1.54, 1.807) is 12.1 Å². The zero-order valence-electron chi connectivity index (χ0n) is 13.0. The van der Waals surface area contributed by atoms with Crippen LogP contribution in [0.5, 0.6) is 0 Å². The molecular weight excluding hydrogens is 281 g/mol. The van der Waals surface area contributed by atoms with Crippen molar-refractivity contribution in [2.24, 2.45) is 11.8 Å². The Kier molecular flexibility index (Phi) is 4.48. The largest absolute Gasteiger partial charge is 0.396 e. The molecule has 1 amide bonds. The summed E-state index contributed by atoms with van der Waals surface area (Å²) in [5.74, 6) is 0.337. The van der Waals surface area contributed by atoms with Crippen LogP contribution in [-0.2, 0) is 4.79 Å². The molecule has 0 radical (unpaired) electrons. The van der Waals surface area contributed by atoms with E-state index in [0.717, 1.165) is 32.1 Å². The van der Waals surface area contributed by atoms with E-state index >= 15 is 0 Å². The van der Waals surface area contributed by atoms with E-state index in [1.165, 1.54) is 6.07 Å². The molecule has 2 atom stereocenters. The summed E-state index contributed by atoms with van der Waals surface area (Å²) in [5, 5.41) is 9.19. The third kappa shape index (κ3) is 3.02. The Labute approximate surface area is 131 Å². The average molecular weight is 305 g/mol. The standard InChI is InChI=1S/C18H24FNO2/c1-20(13-8-6-12(11-21)7-9-13)18(22)16-10-15(16)14-4-2-3-5-17(14)19/h2-5,12-13,15-16,21H,6-11H2,1H3. The molecule has 2 unspecified atom stereocenters. The fraction of sp³-hybridized carbons (Fsp3) is 0.611. The summed E-state index contributed by atoms with van der Waals surface area (Å²) in [5.41, 5.74) is 0.679. The predicted octanol–water partition coefficient (Wildman–Crippen LogP) is 2.94. The molecule has 3 rings (SSSR count). The van der Waals surface area contributed by atoms with E-state index in [4.69, 9.17) is 0 Å². The van der Waals surface area contributed by atoms with Crippen molar-refractivity contribution in [1.29, 1.82) is 0 Å². The molecule has 0 spiro atoms. The van der Waals surface area contributed by atoms with Gasteiger partial charge in [0.05, 0.1) is 0 Å². The second-order valence-electron chi connectivity index (χ2n) is 6.78. The van der Waals surface area contributed by atoms with Gasteiger partial charge in [-0.15, -0.1) is 0 Å². The van der Waals surface area contributed by atoms with Crippen LogP contribution in [0.1, 0.15) is 43.6 Å². The fourth-order valence-electron chi connectivity index (χ4n) is 3.74. The van der Waals surface area contributed by atoms with E-state index in [9.17, 15) is 14.3 Å². The van der Waals surface area contributed by atoms with Crippen LogP contribution in [0.4, 0.5) is 4.39 Å². The Morgan fingerprint density at radius 2 is 1.95 bits per heavy atom. The van der Waals surface area contributed by atoms with E-state index in [1.807, 2.05) is 18.0 Å². The molecule has 2 aliphatic carbocycles. The maximum absolute atomic E-state index is 13.8. The lowest BCUT2D eigenvalue weighted by atomic mass is 9.86. The molecule has 1 N–H and O–H groups in total. The molecular formula is C18H24FNO2. The minimum Gasteiger partial charge on any atom is -0.396 e. The molecule has 4 heteroatoms. The third-order valence-corrected chi connectivity index (χ3v) is 5.38. The summed E-state index contributed by atoms with van der Waals surface area (Å²) < 4.78 is 13.8. The van der Waals surface area contributed by atoms with Crippen LogP contribution in [0.2, 0.25) is 0 Å². The van der Waals surface area contributed by atoms with Gasteiger partial charge in [0.25, 0.3) is 0 Å². The molecule has 3 nitrogen and oxygen atoms in total. The Balaban J connectivity index is 1.58. The quantitative estimate of drug-likeness (QED) is 0.929. The second-order valence-corrected chi connectivity index (χ2v) is 6.78. The van der Waals surface area contributed by atoms with Crippen LogP contribution in [-0.4, -0.2) is 35.6 Å². The van der Waals surface area contributed by atoms with Gasteiger partial charge in [0.15, 0.2) is 0 Å². The second kappa shape index (κ2) is 6.37. The first-order valence-corrected chi connectivity index (χ1v) is 8.23. The molecule has 22 heavy (non-hydrogen) atoms. The number of hydrogen-bond donors (Lipinski definition) is 1. The average Bonchev–Trinajstić information content (AvgIpc) is 3.34. The molecule has 1 aromatic rings. The molecule has 2 aliphatic rings. The van der Waals surface area contributed by atoms with Crippen molar-refractivity contribution < 1.29 is 14.3 Å². The molecule has 2 fully saturated rings. The first-order chi connectivity index (χ1) is 10.6. The SMILES string of the molecule is CN(C(=O)C1CC1c1ccccc1F)C1CCC(CO)CC1. The molecule has 2 saturated carbocycles. The van der Waals surface area contributed by atoms with Crippen LogP contribution in [0.15, 0.2) is 24.3 Å². The molecule has 120 valence electrons. The zero-order valence-corrected chi connectivity index (χ0v) is 13.0. The van der Waals surface area contributed by atoms with Crippen LogP contribution < -0.4 is 0 Å². The predicted molar refractivity (Wildman–Crippen MR) is 82.8 cm³/mol. The van der Waals surface area contributed by atoms with Gasteiger partial charge in [-0.3, -0.25) is 4.79 Å². The van der Waals surface area contributed by atoms with Gasteiger partial charge in [-0.05, 0) is 55.6 Å². The van der Waals surface area contributed by atoms with Gasteiger partial charge in [0.1, 0.15) is 5.82 Å². The number of aliphatic hydroxyl groups is 1. The van der Waals surface area contributed by atoms with E-state index < -0.39 is 0 Å². The molecule has 1 aromatic carbocycles. The number of rotatable bonds is 4. The van der Waals surface area contributed by atoms with Gasteiger partial charge < -0.3 is 10.0 Å². The van der Waals surface area contributed by atoms with Crippen LogP contribution in [0, 0.1) is 17.7 Å². The Morgan fingerprint density at radius 1 is 1.27 bits per heavy atom. The van der Waals surface area contributed by atoms with Crippen molar-refractivity contribution in [2.45, 2.75) is 44.1 Å². The van der Waals surface area contributed by atoms with Crippen molar-refractivity contribution in [3.63, 3.8) is 0 Å². The maximum atomic E-state index is 13.8. The van der Waals surface area contributed by atoms with Crippen LogP contribution >= 0.6 is 0 Å². The highest BCUT2D eigenvalue weighted by Gasteiger charge is 2.47. The number of benzene rings is 1. The monoisotopic (exact) mass is 305 g/mol. The summed E-state index contributed by atoms with van der Waals surface area (Å²) in [6.45, 7) is 0.252. The first kappa shape index (κ1) is 15.5. The number of carbonyl (C=O) groups is 1. The van der Waals surface area contributed by atoms with Crippen LogP contribution in [0.3, 0.4) is 0 Å². The van der Waals surface area contributed by atoms with Crippen LogP contribution in [0.25, 0.3) is 0 Å². The Bertz CT molecular complexity index is 540. The highest BCUT2D eigenvalue weighted by molar-refractivity contribution is 5.83. The minimum absolute atomic E-state index is 0.0462. The van der Waals surface area contributed by atoms with E-state index in [0.29, 0.717) is 11.5 Å². The molecule has 0 aromatic heterocycles. The van der Waals surface area contributed by atoms with Gasteiger partial charge in [-0.25, -0.2) is 4.39 Å². The molecule has 0 saturated heterocycles. The smallest absolute Gasteiger partial charge is 0.226 e. The number of carbonyl (C=O) groups excluding carboxylic acids is 1. The summed E-state index contributed by atoms with van der Waals surface area (Å²) in [6.07, 6.45) is 4.66. The molecule has 0 heterocycles. The van der Waals surface area contributed by atoms with Crippen molar-refractivity contribution >= 4 is 5.91 Å². The maximum Gasteiger partial charge on any atom is 0.226 e. The zero-order chi connectivity index (χ0) is 15.7. The van der Waals surface area contributed by atoms with Gasteiger partial charge in [-0.1, -0.05) is 18.2 Å². The summed E-state index contributed by atoms with van der Waals surface area (Å²) in [6, 6.07) is 7.05. The highest BCUT2D eigenvalue weighted by atomic mass is 19.1. The number of aliphatic hydroxyl groups excluding tert-OH is 1. The number of amides is 1. The highest BCUT2D eigenvalue weighted by Crippen LogP contribution is 2.49. The Morgan fingerprint density at radius 3 is 2.59 bits per heavy atom. The Hall–Kier alpha value is -1.42. The normalized spacial score (nSPS) is 30.9. The van der Waals surface area contributed by atoms with Gasteiger partial charge >= 0.3 is 0 Å². The lowest BCUT2D eigenvalue weighted by Gasteiger charge is -2.34. The van der Waals surface area contributed by atoms with Crippen molar-refractivity contribution in [1.82, 2.24) is 4.90 Å². The number of hydrogen-bond acceptors (Lipinski definition) is 2. The third-order valence-electron chi connectivity index (χ3n) is 5.38. The van der Waals surface area contributed by atoms with Gasteiger partial charge in [-0.2, -0.15) is 0 Å². The van der Waals surface area contributed by atoms with E-state index in [2.05, 4.69) is 0 Å². The summed E-state index contributed by atoms with van der Waals surface area (Å²) in [4.78, 5) is 14.5. The van der Waals surface area contributed by atoms with Crippen molar-refractivity contribution in [2.75, 3.05) is 13.7 Å². The minimum atomic E-state index is -0.200. The van der Waals surface area contributed by atoms with Gasteiger partial charge in [0, 0.05) is 25.6 Å². The first-order valence-electron chi connectivity index (χ1n) is 8.23. The summed E-state index contributed by atoms with van der Waals surface area (Å²) >= 11 is 0. The number of halogens is 1. The number of nitrogens with zero attached hydrogens (tertiary/aromatic N) is 1. The lowest BCUT2D eigenvalue weighted by molar-refractivity contribution is -0.134. The van der Waals surface area contributed by atoms with Crippen molar-refractivity contribution in [3.8, 4) is 0 Å². The lowest BCUT2D eigenvalue weighted by Crippen LogP contribution is -2.40. The summed E-state index contributed by atoms with van der Waals surface area (Å²) in [7, 11) is 1.88. The molecule has 0 aliphatic heterocycles. The fourth-order valence-corrected chi connectivity index (χ4v) is 3.74. The van der Waals surface area contributed by atoms with Crippen molar-refractivity contribution in [3.05, 3.63) is 35.6 Å². The topological polar surface area (TPSA) is 40.5 Å². The van der Waals surface area contributed by atoms with Gasteiger partial charge in [0.2, 0.25) is 5.91 Å². The van der Waals surface area contributed by atoms with E-state index in [-0.39, 0.29) is 36.2 Å².